The molecule has 0 aromatic rings. The molecule has 0 rings (SSSR count). The van der Waals surface area contributed by atoms with Gasteiger partial charge in [-0.3, -0.25) is 9.59 Å². The number of ketones is 1. The number of rotatable bonds is 7. The lowest BCUT2D eigenvalue weighted by Crippen LogP contribution is -2.53. The molecule has 0 radical (unpaired) electrons. The van der Waals surface area contributed by atoms with Crippen molar-refractivity contribution in [1.82, 2.24) is 5.32 Å². The van der Waals surface area contributed by atoms with E-state index in [2.05, 4.69) is 5.32 Å². The third-order valence-corrected chi connectivity index (χ3v) is 3.57. The maximum Gasteiger partial charge on any atom is 0.408 e. The lowest BCUT2D eigenvalue weighted by atomic mass is 9.79. The molecule has 6 nitrogen and oxygen atoms in total. The number of carbonyl (C=O) groups excluding carboxylic acids is 3. The van der Waals surface area contributed by atoms with Gasteiger partial charge < -0.3 is 14.8 Å². The van der Waals surface area contributed by atoms with E-state index in [4.69, 9.17) is 9.47 Å². The number of alkyl carbamates (subject to hydrolysis) is 1. The fourth-order valence-electron chi connectivity index (χ4n) is 1.94. The summed E-state index contributed by atoms with van der Waals surface area (Å²) in [5, 5.41) is 2.61. The zero-order valence-electron chi connectivity index (χ0n) is 15.6. The van der Waals surface area contributed by atoms with Gasteiger partial charge in [-0.05, 0) is 47.5 Å². The van der Waals surface area contributed by atoms with Gasteiger partial charge in [-0.25, -0.2) is 4.79 Å². The zero-order valence-corrected chi connectivity index (χ0v) is 15.6. The molecule has 0 aromatic heterocycles. The minimum Gasteiger partial charge on any atom is -0.465 e. The standard InChI is InChI=1S/C17H31NO5/c1-9-11(3)12(18-15(21)23-16(4,5)6)13(19)17(7,8)14(20)22-10-2/h11-12H,9-10H2,1-8H3,(H,18,21)/t11?,12-/m0/s1. The van der Waals surface area contributed by atoms with Crippen LogP contribution < -0.4 is 5.32 Å². The van der Waals surface area contributed by atoms with Gasteiger partial charge in [0.25, 0.3) is 0 Å². The van der Waals surface area contributed by atoms with Crippen LogP contribution in [0.4, 0.5) is 4.79 Å². The molecular weight excluding hydrogens is 298 g/mol. The normalized spacial score (nSPS) is 14.6. The van der Waals surface area contributed by atoms with Crippen molar-refractivity contribution in [3.63, 3.8) is 0 Å². The van der Waals surface area contributed by atoms with Crippen molar-refractivity contribution in [2.75, 3.05) is 6.61 Å². The second kappa shape index (κ2) is 8.31. The molecule has 0 aliphatic rings. The van der Waals surface area contributed by atoms with Crippen molar-refractivity contribution >= 4 is 17.8 Å². The fraction of sp³-hybridized carbons (Fsp3) is 0.824. The number of ether oxygens (including phenoxy) is 2. The van der Waals surface area contributed by atoms with Crippen LogP contribution in [0.25, 0.3) is 0 Å². The predicted molar refractivity (Wildman–Crippen MR) is 88.0 cm³/mol. The van der Waals surface area contributed by atoms with Crippen molar-refractivity contribution in [2.24, 2.45) is 11.3 Å². The van der Waals surface area contributed by atoms with E-state index in [0.717, 1.165) is 0 Å². The van der Waals surface area contributed by atoms with Gasteiger partial charge in [-0.1, -0.05) is 20.3 Å². The highest BCUT2D eigenvalue weighted by Gasteiger charge is 2.43. The molecule has 0 aliphatic carbocycles. The van der Waals surface area contributed by atoms with Crippen molar-refractivity contribution < 1.29 is 23.9 Å². The number of Topliss-reactive ketones (excluding diaryl/α,β-unsaturated/α-hetero) is 1. The van der Waals surface area contributed by atoms with Crippen LogP contribution >= 0.6 is 0 Å². The third kappa shape index (κ3) is 6.59. The second-order valence-corrected chi connectivity index (χ2v) is 7.22. The molecule has 6 heteroatoms. The Balaban J connectivity index is 5.29. The highest BCUT2D eigenvalue weighted by atomic mass is 16.6. The maximum absolute atomic E-state index is 12.8. The highest BCUT2D eigenvalue weighted by Crippen LogP contribution is 2.25. The molecule has 0 bridgehead atoms. The average molecular weight is 329 g/mol. The van der Waals surface area contributed by atoms with E-state index in [-0.39, 0.29) is 18.3 Å². The van der Waals surface area contributed by atoms with E-state index in [0.29, 0.717) is 6.42 Å². The van der Waals surface area contributed by atoms with E-state index in [1.165, 1.54) is 13.8 Å². The summed E-state index contributed by atoms with van der Waals surface area (Å²) in [6, 6.07) is -0.811. The number of hydrogen-bond donors (Lipinski definition) is 1. The Kier molecular flexibility index (Phi) is 7.74. The molecule has 2 atom stereocenters. The second-order valence-electron chi connectivity index (χ2n) is 7.22. The van der Waals surface area contributed by atoms with Crippen LogP contribution in [0.5, 0.6) is 0 Å². The molecule has 23 heavy (non-hydrogen) atoms. The maximum atomic E-state index is 12.8. The molecule has 0 saturated carbocycles. The molecule has 1 amide bonds. The van der Waals surface area contributed by atoms with Crippen molar-refractivity contribution in [1.29, 1.82) is 0 Å². The summed E-state index contributed by atoms with van der Waals surface area (Å²) in [5.74, 6) is -1.11. The summed E-state index contributed by atoms with van der Waals surface area (Å²) >= 11 is 0. The predicted octanol–water partition coefficient (Wildman–Crippen LogP) is 3.08. The van der Waals surface area contributed by atoms with Gasteiger partial charge in [0.1, 0.15) is 11.0 Å². The van der Waals surface area contributed by atoms with Crippen molar-refractivity contribution in [2.45, 2.75) is 73.5 Å². The van der Waals surface area contributed by atoms with Gasteiger partial charge >= 0.3 is 12.1 Å². The topological polar surface area (TPSA) is 81.7 Å². The SMILES string of the molecule is CCOC(=O)C(C)(C)C(=O)[C@@H](NC(=O)OC(C)(C)C)C(C)CC. The fourth-order valence-corrected chi connectivity index (χ4v) is 1.94. The number of amides is 1. The zero-order chi connectivity index (χ0) is 18.4. The Morgan fingerprint density at radius 3 is 1.96 bits per heavy atom. The van der Waals surface area contributed by atoms with Crippen LogP contribution in [0.1, 0.15) is 61.8 Å². The molecule has 0 aromatic carbocycles. The first-order valence-corrected chi connectivity index (χ1v) is 8.07. The Morgan fingerprint density at radius 2 is 1.57 bits per heavy atom. The first-order valence-electron chi connectivity index (χ1n) is 8.07. The minimum absolute atomic E-state index is 0.135. The van der Waals surface area contributed by atoms with Crippen LogP contribution in [-0.4, -0.2) is 36.1 Å². The van der Waals surface area contributed by atoms with Gasteiger partial charge in [-0.2, -0.15) is 0 Å². The van der Waals surface area contributed by atoms with Crippen LogP contribution in [0.3, 0.4) is 0 Å². The highest BCUT2D eigenvalue weighted by molar-refractivity contribution is 6.06. The van der Waals surface area contributed by atoms with Gasteiger partial charge in [0.05, 0.1) is 12.6 Å². The van der Waals surface area contributed by atoms with Gasteiger partial charge in [0.2, 0.25) is 0 Å². The first-order chi connectivity index (χ1) is 10.4. The van der Waals surface area contributed by atoms with E-state index >= 15 is 0 Å². The van der Waals surface area contributed by atoms with Crippen LogP contribution in [-0.2, 0) is 19.1 Å². The van der Waals surface area contributed by atoms with Gasteiger partial charge in [-0.15, -0.1) is 0 Å². The largest absolute Gasteiger partial charge is 0.465 e. The molecule has 1 unspecified atom stereocenters. The Labute approximate surface area is 139 Å². The summed E-state index contributed by atoms with van der Waals surface area (Å²) in [6.45, 7) is 13.9. The lowest BCUT2D eigenvalue weighted by molar-refractivity contribution is -0.159. The molecule has 0 aliphatic heterocycles. The van der Waals surface area contributed by atoms with Crippen LogP contribution in [0.15, 0.2) is 0 Å². The van der Waals surface area contributed by atoms with Crippen LogP contribution in [0, 0.1) is 11.3 Å². The minimum atomic E-state index is -1.33. The number of esters is 1. The van der Waals surface area contributed by atoms with E-state index < -0.39 is 29.1 Å². The van der Waals surface area contributed by atoms with Gasteiger partial charge in [0, 0.05) is 0 Å². The molecule has 0 fully saturated rings. The summed E-state index contributed by atoms with van der Waals surface area (Å²) in [6.07, 6.45) is 0.00119. The molecular formula is C17H31NO5. The van der Waals surface area contributed by atoms with Gasteiger partial charge in [0.15, 0.2) is 5.78 Å². The lowest BCUT2D eigenvalue weighted by Gasteiger charge is -2.31. The van der Waals surface area contributed by atoms with Crippen molar-refractivity contribution in [3.8, 4) is 0 Å². The Morgan fingerprint density at radius 1 is 1.04 bits per heavy atom. The smallest absolute Gasteiger partial charge is 0.408 e. The summed E-state index contributed by atoms with van der Waals surface area (Å²) < 4.78 is 10.2. The number of hydrogen-bond acceptors (Lipinski definition) is 5. The van der Waals surface area contributed by atoms with Crippen LogP contribution in [0.2, 0.25) is 0 Å². The monoisotopic (exact) mass is 329 g/mol. The molecule has 1 N–H and O–H groups in total. The molecule has 0 heterocycles. The molecule has 0 spiro atoms. The number of carbonyl (C=O) groups is 3. The summed E-state index contributed by atoms with van der Waals surface area (Å²) in [5.41, 5.74) is -2.00. The molecule has 0 saturated heterocycles. The van der Waals surface area contributed by atoms with E-state index in [9.17, 15) is 14.4 Å². The summed E-state index contributed by atoms with van der Waals surface area (Å²) in [4.78, 5) is 36.9. The van der Waals surface area contributed by atoms with E-state index in [1.807, 2.05) is 13.8 Å². The first kappa shape index (κ1) is 21.4. The Bertz CT molecular complexity index is 437. The number of nitrogens with one attached hydrogen (secondary N) is 1. The molecule has 134 valence electrons. The Hall–Kier alpha value is -1.59. The quantitative estimate of drug-likeness (QED) is 0.573. The van der Waals surface area contributed by atoms with Crippen molar-refractivity contribution in [3.05, 3.63) is 0 Å². The average Bonchev–Trinajstić information content (AvgIpc) is 2.41. The van der Waals surface area contributed by atoms with E-state index in [1.54, 1.807) is 27.7 Å². The third-order valence-electron chi connectivity index (χ3n) is 3.57. The summed E-state index contributed by atoms with van der Waals surface area (Å²) in [7, 11) is 0.